The van der Waals surface area contributed by atoms with Crippen molar-refractivity contribution in [3.05, 3.63) is 29.8 Å². The van der Waals surface area contributed by atoms with Gasteiger partial charge in [-0.2, -0.15) is 4.98 Å². The molecule has 20 heavy (non-hydrogen) atoms. The molecule has 2 N–H and O–H groups in total. The van der Waals surface area contributed by atoms with Crippen LogP contribution in [-0.2, 0) is 5.54 Å². The van der Waals surface area contributed by atoms with Gasteiger partial charge in [0, 0.05) is 6.07 Å². The van der Waals surface area contributed by atoms with Gasteiger partial charge in [0.05, 0.1) is 18.2 Å². The Balaban J connectivity index is 0.00000147. The van der Waals surface area contributed by atoms with Crippen molar-refractivity contribution in [3.8, 4) is 17.2 Å². The molecule has 0 bridgehead atoms. The second-order valence-electron chi connectivity index (χ2n) is 4.78. The molecule has 0 aliphatic heterocycles. The van der Waals surface area contributed by atoms with Crippen LogP contribution in [0.4, 0.5) is 4.39 Å². The van der Waals surface area contributed by atoms with Gasteiger partial charge in [-0.25, -0.2) is 4.39 Å². The number of methoxy groups -OCH3 is 1. The first-order valence-corrected chi connectivity index (χ1v) is 6.09. The van der Waals surface area contributed by atoms with Crippen LogP contribution in [0.2, 0.25) is 0 Å². The molecule has 1 aliphatic rings. The van der Waals surface area contributed by atoms with E-state index >= 15 is 0 Å². The number of rotatable bonds is 3. The van der Waals surface area contributed by atoms with E-state index in [4.69, 9.17) is 15.0 Å². The van der Waals surface area contributed by atoms with Crippen molar-refractivity contribution in [2.24, 2.45) is 5.73 Å². The number of nitrogens with two attached hydrogens (primary N) is 1. The van der Waals surface area contributed by atoms with Gasteiger partial charge in [-0.15, -0.1) is 12.4 Å². The zero-order valence-corrected chi connectivity index (χ0v) is 11.7. The number of aromatic nitrogens is 2. The van der Waals surface area contributed by atoms with Crippen LogP contribution in [0, 0.1) is 5.82 Å². The zero-order valence-electron chi connectivity index (χ0n) is 10.9. The Bertz CT molecular complexity index is 613. The molecule has 1 aromatic heterocycles. The maximum Gasteiger partial charge on any atom is 0.260 e. The van der Waals surface area contributed by atoms with Crippen LogP contribution >= 0.6 is 12.4 Å². The summed E-state index contributed by atoms with van der Waals surface area (Å²) in [6.45, 7) is 0. The Morgan fingerprint density at radius 1 is 1.40 bits per heavy atom. The van der Waals surface area contributed by atoms with Crippen LogP contribution in [0.5, 0.6) is 5.75 Å². The summed E-state index contributed by atoms with van der Waals surface area (Å²) < 4.78 is 23.9. The predicted octanol–water partition coefficient (Wildman–Crippen LogP) is 2.64. The number of hydrogen-bond donors (Lipinski definition) is 1. The Morgan fingerprint density at radius 2 is 2.15 bits per heavy atom. The highest BCUT2D eigenvalue weighted by Gasteiger charge is 2.39. The Kier molecular flexibility index (Phi) is 3.96. The minimum Gasteiger partial charge on any atom is -0.497 e. The Labute approximate surface area is 121 Å². The molecule has 108 valence electrons. The van der Waals surface area contributed by atoms with E-state index in [0.717, 1.165) is 19.3 Å². The van der Waals surface area contributed by atoms with Crippen molar-refractivity contribution in [1.29, 1.82) is 0 Å². The first kappa shape index (κ1) is 14.7. The van der Waals surface area contributed by atoms with Gasteiger partial charge >= 0.3 is 0 Å². The molecule has 0 atom stereocenters. The lowest BCUT2D eigenvalue weighted by Gasteiger charge is -2.34. The van der Waals surface area contributed by atoms with Gasteiger partial charge in [-0.05, 0) is 31.4 Å². The van der Waals surface area contributed by atoms with Crippen molar-refractivity contribution in [2.45, 2.75) is 24.8 Å². The summed E-state index contributed by atoms with van der Waals surface area (Å²) in [5, 5.41) is 3.86. The van der Waals surface area contributed by atoms with E-state index in [9.17, 15) is 4.39 Å². The summed E-state index contributed by atoms with van der Waals surface area (Å²) in [7, 11) is 1.48. The van der Waals surface area contributed by atoms with E-state index in [1.54, 1.807) is 12.1 Å². The summed E-state index contributed by atoms with van der Waals surface area (Å²) in [5.41, 5.74) is 5.84. The minimum atomic E-state index is -0.509. The van der Waals surface area contributed by atoms with Crippen LogP contribution < -0.4 is 10.5 Å². The van der Waals surface area contributed by atoms with Crippen LogP contribution in [0.25, 0.3) is 11.5 Å². The molecule has 0 spiro atoms. The number of halogens is 2. The summed E-state index contributed by atoms with van der Waals surface area (Å²) in [5.74, 6) is 0.570. The summed E-state index contributed by atoms with van der Waals surface area (Å²) in [6, 6.07) is 4.47. The van der Waals surface area contributed by atoms with E-state index in [2.05, 4.69) is 10.1 Å². The molecule has 0 saturated heterocycles. The lowest BCUT2D eigenvalue weighted by molar-refractivity contribution is 0.229. The molecule has 1 aliphatic carbocycles. The van der Waals surface area contributed by atoms with E-state index in [1.807, 2.05) is 0 Å². The number of nitrogens with zero attached hydrogens (tertiary/aromatic N) is 2. The predicted molar refractivity (Wildman–Crippen MR) is 73.2 cm³/mol. The van der Waals surface area contributed by atoms with Gasteiger partial charge in [-0.1, -0.05) is 5.16 Å². The quantitative estimate of drug-likeness (QED) is 0.943. The fourth-order valence-corrected chi connectivity index (χ4v) is 2.11. The normalized spacial score (nSPS) is 16.1. The third kappa shape index (κ3) is 2.36. The van der Waals surface area contributed by atoms with Gasteiger partial charge in [-0.3, -0.25) is 0 Å². The minimum absolute atomic E-state index is 0. The number of benzene rings is 1. The second kappa shape index (κ2) is 5.38. The Hall–Kier alpha value is -1.66. The maximum absolute atomic E-state index is 13.9. The molecule has 2 aromatic rings. The fraction of sp³-hybridized carbons (Fsp3) is 0.385. The molecule has 0 radical (unpaired) electrons. The lowest BCUT2D eigenvalue weighted by atomic mass is 9.77. The molecule has 0 unspecified atom stereocenters. The summed E-state index contributed by atoms with van der Waals surface area (Å²) in [6.07, 6.45) is 2.71. The molecular formula is C13H15ClFN3O2. The van der Waals surface area contributed by atoms with Crippen molar-refractivity contribution in [2.75, 3.05) is 7.11 Å². The molecule has 0 amide bonds. The van der Waals surface area contributed by atoms with E-state index in [1.165, 1.54) is 13.2 Å². The van der Waals surface area contributed by atoms with Gasteiger partial charge < -0.3 is 15.0 Å². The third-order valence-corrected chi connectivity index (χ3v) is 3.52. The SMILES string of the molecule is COc1ccc(-c2nc(C3(N)CCC3)no2)c(F)c1.Cl. The zero-order chi connectivity index (χ0) is 13.5. The molecule has 3 rings (SSSR count). The van der Waals surface area contributed by atoms with Crippen molar-refractivity contribution >= 4 is 12.4 Å². The fourth-order valence-electron chi connectivity index (χ4n) is 2.11. The largest absolute Gasteiger partial charge is 0.497 e. The third-order valence-electron chi connectivity index (χ3n) is 3.52. The van der Waals surface area contributed by atoms with Gasteiger partial charge in [0.1, 0.15) is 11.6 Å². The molecule has 7 heteroatoms. The van der Waals surface area contributed by atoms with E-state index in [0.29, 0.717) is 11.6 Å². The van der Waals surface area contributed by atoms with Crippen LogP contribution in [0.1, 0.15) is 25.1 Å². The Morgan fingerprint density at radius 3 is 2.70 bits per heavy atom. The van der Waals surface area contributed by atoms with Crippen LogP contribution in [0.3, 0.4) is 0 Å². The van der Waals surface area contributed by atoms with Crippen molar-refractivity contribution in [1.82, 2.24) is 10.1 Å². The van der Waals surface area contributed by atoms with E-state index in [-0.39, 0.29) is 23.9 Å². The van der Waals surface area contributed by atoms with Gasteiger partial charge in [0.25, 0.3) is 5.89 Å². The van der Waals surface area contributed by atoms with Crippen molar-refractivity contribution in [3.63, 3.8) is 0 Å². The number of hydrogen-bond acceptors (Lipinski definition) is 5. The van der Waals surface area contributed by atoms with Crippen molar-refractivity contribution < 1.29 is 13.7 Å². The monoisotopic (exact) mass is 299 g/mol. The molecule has 1 fully saturated rings. The summed E-state index contributed by atoms with van der Waals surface area (Å²) in [4.78, 5) is 4.21. The topological polar surface area (TPSA) is 74.2 Å². The average molecular weight is 300 g/mol. The van der Waals surface area contributed by atoms with Crippen LogP contribution in [0.15, 0.2) is 22.7 Å². The summed E-state index contributed by atoms with van der Waals surface area (Å²) >= 11 is 0. The number of ether oxygens (including phenoxy) is 1. The molecule has 1 saturated carbocycles. The molecule has 1 heterocycles. The molecule has 5 nitrogen and oxygen atoms in total. The first-order valence-electron chi connectivity index (χ1n) is 6.09. The van der Waals surface area contributed by atoms with Crippen LogP contribution in [-0.4, -0.2) is 17.3 Å². The average Bonchev–Trinajstić information content (AvgIpc) is 2.85. The second-order valence-corrected chi connectivity index (χ2v) is 4.78. The van der Waals surface area contributed by atoms with E-state index < -0.39 is 11.4 Å². The molecular weight excluding hydrogens is 285 g/mol. The van der Waals surface area contributed by atoms with Gasteiger partial charge in [0.15, 0.2) is 5.82 Å². The lowest BCUT2D eigenvalue weighted by Crippen LogP contribution is -2.44. The highest BCUT2D eigenvalue weighted by atomic mass is 35.5. The highest BCUT2D eigenvalue weighted by molar-refractivity contribution is 5.85. The maximum atomic E-state index is 13.9. The standard InChI is InChI=1S/C13H14FN3O2.ClH/c1-18-8-3-4-9(10(14)7-8)11-16-12(17-19-11)13(15)5-2-6-13;/h3-4,7H,2,5-6,15H2,1H3;1H. The van der Waals surface area contributed by atoms with Gasteiger partial charge in [0.2, 0.25) is 0 Å². The first-order chi connectivity index (χ1) is 9.12. The highest BCUT2D eigenvalue weighted by Crippen LogP contribution is 2.38. The smallest absolute Gasteiger partial charge is 0.260 e. The molecule has 1 aromatic carbocycles.